The van der Waals surface area contributed by atoms with Crippen molar-refractivity contribution in [2.75, 3.05) is 6.61 Å². The molecule has 1 heterocycles. The molecule has 5 atom stereocenters. The van der Waals surface area contributed by atoms with Gasteiger partial charge in [0.05, 0.1) is 6.61 Å². The molecule has 24 heavy (non-hydrogen) atoms. The Balaban J connectivity index is 1.82. The second kappa shape index (κ2) is 7.56. The van der Waals surface area contributed by atoms with E-state index in [2.05, 4.69) is 0 Å². The largest absolute Gasteiger partial charge is 0.462 e. The molecule has 1 aliphatic heterocycles. The van der Waals surface area contributed by atoms with Crippen LogP contribution in [0.1, 0.15) is 37.2 Å². The first-order valence-electron chi connectivity index (χ1n) is 8.28. The number of benzene rings is 1. The zero-order valence-electron chi connectivity index (χ0n) is 13.2. The molecule has 1 aliphatic carbocycles. The topological polar surface area (TPSA) is 99.4 Å². The minimum atomic E-state index is -1.46. The minimum absolute atomic E-state index is 0.337. The smallest absolute Gasteiger partial charge is 0.229 e. The van der Waals surface area contributed by atoms with Crippen molar-refractivity contribution in [2.24, 2.45) is 0 Å². The van der Waals surface area contributed by atoms with E-state index in [9.17, 15) is 20.4 Å². The van der Waals surface area contributed by atoms with Gasteiger partial charge in [0.2, 0.25) is 6.29 Å². The molecule has 134 valence electrons. The van der Waals surface area contributed by atoms with Gasteiger partial charge in [-0.1, -0.05) is 24.4 Å². The lowest BCUT2D eigenvalue weighted by atomic mass is 9.96. The van der Waals surface area contributed by atoms with Crippen LogP contribution in [0.25, 0.3) is 0 Å². The van der Waals surface area contributed by atoms with E-state index < -0.39 is 37.3 Å². The normalized spacial score (nSPS) is 34.5. The van der Waals surface area contributed by atoms with E-state index in [4.69, 9.17) is 21.1 Å². The molecule has 2 fully saturated rings. The molecule has 2 aliphatic rings. The summed E-state index contributed by atoms with van der Waals surface area (Å²) in [6.07, 6.45) is -2.05. The van der Waals surface area contributed by atoms with Gasteiger partial charge in [0.25, 0.3) is 0 Å². The van der Waals surface area contributed by atoms with Crippen molar-refractivity contribution >= 4 is 11.6 Å². The van der Waals surface area contributed by atoms with Crippen molar-refractivity contribution in [1.82, 2.24) is 0 Å². The van der Waals surface area contributed by atoms with E-state index in [0.717, 1.165) is 31.2 Å². The fourth-order valence-corrected chi connectivity index (χ4v) is 3.65. The summed E-state index contributed by atoms with van der Waals surface area (Å²) < 4.78 is 11.2. The first-order chi connectivity index (χ1) is 11.5. The van der Waals surface area contributed by atoms with Crippen LogP contribution in [0, 0.1) is 0 Å². The monoisotopic (exact) mass is 358 g/mol. The van der Waals surface area contributed by atoms with Gasteiger partial charge >= 0.3 is 0 Å². The number of aliphatic hydroxyl groups excluding tert-OH is 4. The molecule has 0 unspecified atom stereocenters. The lowest BCUT2D eigenvalue weighted by Crippen LogP contribution is -2.60. The van der Waals surface area contributed by atoms with Crippen LogP contribution in [0.15, 0.2) is 18.2 Å². The van der Waals surface area contributed by atoms with Gasteiger partial charge < -0.3 is 29.9 Å². The van der Waals surface area contributed by atoms with Crippen LogP contribution in [0.5, 0.6) is 5.75 Å². The summed E-state index contributed by atoms with van der Waals surface area (Å²) in [5.74, 6) is 0.874. The second-order valence-corrected chi connectivity index (χ2v) is 6.92. The number of halogens is 1. The van der Waals surface area contributed by atoms with Gasteiger partial charge in [-0.2, -0.15) is 0 Å². The fourth-order valence-electron chi connectivity index (χ4n) is 3.47. The predicted molar refractivity (Wildman–Crippen MR) is 87.1 cm³/mol. The number of rotatable bonds is 4. The molecule has 0 radical (unpaired) electrons. The summed E-state index contributed by atoms with van der Waals surface area (Å²) in [6.45, 7) is -0.485. The Kier molecular flexibility index (Phi) is 5.64. The maximum Gasteiger partial charge on any atom is 0.229 e. The maximum atomic E-state index is 10.1. The molecule has 1 saturated heterocycles. The van der Waals surface area contributed by atoms with Gasteiger partial charge in [0.1, 0.15) is 30.2 Å². The van der Waals surface area contributed by atoms with Crippen LogP contribution in [-0.4, -0.2) is 57.7 Å². The summed E-state index contributed by atoms with van der Waals surface area (Å²) >= 11 is 6.11. The predicted octanol–water partition coefficient (Wildman–Crippen LogP) is 1.18. The van der Waals surface area contributed by atoms with E-state index in [1.807, 2.05) is 6.07 Å². The Morgan fingerprint density at radius 3 is 2.46 bits per heavy atom. The molecule has 0 amide bonds. The fraction of sp³-hybridized carbons (Fsp3) is 0.647. The van der Waals surface area contributed by atoms with Crippen molar-refractivity contribution in [2.45, 2.75) is 62.3 Å². The van der Waals surface area contributed by atoms with Gasteiger partial charge in [-0.25, -0.2) is 0 Å². The van der Waals surface area contributed by atoms with Crippen molar-refractivity contribution < 1.29 is 29.9 Å². The molecule has 1 saturated carbocycles. The van der Waals surface area contributed by atoms with Gasteiger partial charge in [-0.15, -0.1) is 0 Å². The Morgan fingerprint density at radius 2 is 1.79 bits per heavy atom. The highest BCUT2D eigenvalue weighted by Crippen LogP contribution is 2.40. The van der Waals surface area contributed by atoms with Gasteiger partial charge in [0.15, 0.2) is 0 Å². The van der Waals surface area contributed by atoms with Crippen LogP contribution in [0.3, 0.4) is 0 Å². The second-order valence-electron chi connectivity index (χ2n) is 6.48. The van der Waals surface area contributed by atoms with E-state index in [1.54, 1.807) is 12.1 Å². The third-order valence-electron chi connectivity index (χ3n) is 4.86. The summed E-state index contributed by atoms with van der Waals surface area (Å²) in [5, 5.41) is 39.7. The average Bonchev–Trinajstić information content (AvgIpc) is 3.11. The van der Waals surface area contributed by atoms with E-state index in [1.165, 1.54) is 0 Å². The van der Waals surface area contributed by atoms with Crippen molar-refractivity contribution in [3.8, 4) is 5.75 Å². The third kappa shape index (κ3) is 3.54. The lowest BCUT2D eigenvalue weighted by Gasteiger charge is -2.39. The Labute approximate surface area is 145 Å². The highest BCUT2D eigenvalue weighted by atomic mass is 35.5. The summed E-state index contributed by atoms with van der Waals surface area (Å²) in [7, 11) is 0. The Bertz CT molecular complexity index is 560. The first-order valence-corrected chi connectivity index (χ1v) is 8.65. The highest BCUT2D eigenvalue weighted by Gasteiger charge is 2.45. The highest BCUT2D eigenvalue weighted by molar-refractivity contribution is 6.30. The molecule has 3 rings (SSSR count). The quantitative estimate of drug-likeness (QED) is 0.645. The van der Waals surface area contributed by atoms with E-state index in [0.29, 0.717) is 16.7 Å². The molecular weight excluding hydrogens is 336 g/mol. The third-order valence-corrected chi connectivity index (χ3v) is 5.09. The van der Waals surface area contributed by atoms with Crippen LogP contribution in [-0.2, 0) is 4.74 Å². The number of hydrogen-bond donors (Lipinski definition) is 4. The van der Waals surface area contributed by atoms with Crippen LogP contribution in [0.2, 0.25) is 5.02 Å². The van der Waals surface area contributed by atoms with Crippen LogP contribution >= 0.6 is 11.6 Å². The molecule has 0 bridgehead atoms. The number of ether oxygens (including phenoxy) is 2. The minimum Gasteiger partial charge on any atom is -0.462 e. The Hall–Kier alpha value is -0.890. The molecule has 4 N–H and O–H groups in total. The number of aliphatic hydroxyl groups is 4. The molecule has 0 aromatic heterocycles. The molecular formula is C17H23ClO6. The zero-order valence-corrected chi connectivity index (χ0v) is 14.0. The van der Waals surface area contributed by atoms with E-state index >= 15 is 0 Å². The van der Waals surface area contributed by atoms with Crippen LogP contribution in [0.4, 0.5) is 0 Å². The SMILES string of the molecule is OC[C@H]1O[C@@H](Oc2ccc(Cl)cc2C2CCCC2)[C@H](O)[C@@H](O)[C@H]1O. The molecule has 7 heteroatoms. The summed E-state index contributed by atoms with van der Waals surface area (Å²) in [5.41, 5.74) is 0.956. The average molecular weight is 359 g/mol. The Morgan fingerprint density at radius 1 is 1.08 bits per heavy atom. The molecule has 0 spiro atoms. The van der Waals surface area contributed by atoms with Crippen molar-refractivity contribution in [1.29, 1.82) is 0 Å². The van der Waals surface area contributed by atoms with E-state index in [-0.39, 0.29) is 0 Å². The summed E-state index contributed by atoms with van der Waals surface area (Å²) in [6, 6.07) is 5.27. The zero-order chi connectivity index (χ0) is 17.3. The van der Waals surface area contributed by atoms with Crippen LogP contribution < -0.4 is 4.74 Å². The standard InChI is InChI=1S/C17H23ClO6/c18-10-5-6-12(11(7-10)9-3-1-2-4-9)23-17-16(22)15(21)14(20)13(8-19)24-17/h5-7,9,13-17,19-22H,1-4,8H2/t13-,14+,15+,16-,17-/m1/s1. The molecule has 1 aromatic carbocycles. The van der Waals surface area contributed by atoms with Gasteiger partial charge in [0, 0.05) is 5.02 Å². The summed E-state index contributed by atoms with van der Waals surface area (Å²) in [4.78, 5) is 0. The van der Waals surface area contributed by atoms with Crippen molar-refractivity contribution in [3.05, 3.63) is 28.8 Å². The van der Waals surface area contributed by atoms with Gasteiger partial charge in [-0.3, -0.25) is 0 Å². The molecule has 6 nitrogen and oxygen atoms in total. The molecule has 1 aromatic rings. The van der Waals surface area contributed by atoms with Crippen molar-refractivity contribution in [3.63, 3.8) is 0 Å². The first kappa shape index (κ1) is 17.9. The van der Waals surface area contributed by atoms with Gasteiger partial charge in [-0.05, 0) is 42.5 Å². The lowest BCUT2D eigenvalue weighted by molar-refractivity contribution is -0.277. The number of hydrogen-bond acceptors (Lipinski definition) is 6. The maximum absolute atomic E-state index is 10.1.